The lowest BCUT2D eigenvalue weighted by Gasteiger charge is -2.05. The summed E-state index contributed by atoms with van der Waals surface area (Å²) in [5, 5.41) is 8.33. The quantitative estimate of drug-likeness (QED) is 0.571. The second-order valence-corrected chi connectivity index (χ2v) is 6.11. The molecule has 0 atom stereocenters. The van der Waals surface area contributed by atoms with Crippen molar-refractivity contribution in [2.45, 2.75) is 13.1 Å². The average molecular weight is 340 g/mol. The molecule has 0 aliphatic heterocycles. The fraction of sp³-hybridized carbons (Fsp3) is 0.0909. The first kappa shape index (κ1) is 16.2. The van der Waals surface area contributed by atoms with E-state index in [-0.39, 0.29) is 0 Å². The normalized spacial score (nSPS) is 10.8. The third kappa shape index (κ3) is 3.71. The highest BCUT2D eigenvalue weighted by atomic mass is 15.3. The summed E-state index contributed by atoms with van der Waals surface area (Å²) in [6, 6.07) is 24.6. The maximum atomic E-state index is 4.81. The van der Waals surface area contributed by atoms with Gasteiger partial charge in [0.25, 0.3) is 0 Å². The zero-order chi connectivity index (χ0) is 17.6. The number of para-hydroxylation sites is 1. The van der Waals surface area contributed by atoms with E-state index in [2.05, 4.69) is 52.9 Å². The molecule has 0 fully saturated rings. The van der Waals surface area contributed by atoms with Gasteiger partial charge in [0.2, 0.25) is 0 Å². The highest BCUT2D eigenvalue weighted by Crippen LogP contribution is 2.23. The van der Waals surface area contributed by atoms with Crippen LogP contribution in [0.1, 0.15) is 11.1 Å². The molecular formula is C22H20N4. The van der Waals surface area contributed by atoms with Crippen molar-refractivity contribution in [1.29, 1.82) is 0 Å². The molecule has 2 heterocycles. The van der Waals surface area contributed by atoms with Crippen molar-refractivity contribution in [2.75, 3.05) is 0 Å². The molecule has 0 bridgehead atoms. The minimum Gasteiger partial charge on any atom is -0.308 e. The fourth-order valence-electron chi connectivity index (χ4n) is 2.94. The topological polar surface area (TPSA) is 42.7 Å². The molecular weight excluding hydrogens is 320 g/mol. The minimum absolute atomic E-state index is 0.742. The van der Waals surface area contributed by atoms with E-state index in [1.165, 1.54) is 5.56 Å². The molecule has 26 heavy (non-hydrogen) atoms. The van der Waals surface area contributed by atoms with Crippen LogP contribution < -0.4 is 5.32 Å². The lowest BCUT2D eigenvalue weighted by Crippen LogP contribution is -2.12. The molecule has 4 heteroatoms. The van der Waals surface area contributed by atoms with E-state index in [1.54, 1.807) is 6.20 Å². The first-order valence-electron chi connectivity index (χ1n) is 8.69. The second kappa shape index (κ2) is 7.76. The van der Waals surface area contributed by atoms with E-state index in [4.69, 9.17) is 5.10 Å². The molecule has 1 N–H and O–H groups in total. The van der Waals surface area contributed by atoms with E-state index < -0.39 is 0 Å². The van der Waals surface area contributed by atoms with Crippen LogP contribution in [0.5, 0.6) is 0 Å². The van der Waals surface area contributed by atoms with Gasteiger partial charge in [0.15, 0.2) is 0 Å². The molecule has 0 unspecified atom stereocenters. The number of benzene rings is 2. The van der Waals surface area contributed by atoms with Crippen molar-refractivity contribution in [3.63, 3.8) is 0 Å². The summed E-state index contributed by atoms with van der Waals surface area (Å²) in [5.41, 5.74) is 5.46. The monoisotopic (exact) mass is 340 g/mol. The molecule has 0 radical (unpaired) electrons. The third-order valence-corrected chi connectivity index (χ3v) is 4.23. The molecule has 2 aromatic carbocycles. The molecule has 128 valence electrons. The predicted octanol–water partition coefficient (Wildman–Crippen LogP) is 4.22. The van der Waals surface area contributed by atoms with E-state index in [9.17, 15) is 0 Å². The lowest BCUT2D eigenvalue weighted by atomic mass is 10.1. The van der Waals surface area contributed by atoms with Gasteiger partial charge in [-0.05, 0) is 29.8 Å². The van der Waals surface area contributed by atoms with Gasteiger partial charge in [-0.15, -0.1) is 0 Å². The Kier molecular flexibility index (Phi) is 4.85. The smallest absolute Gasteiger partial charge is 0.0988 e. The summed E-state index contributed by atoms with van der Waals surface area (Å²) in [4.78, 5) is 4.24. The van der Waals surface area contributed by atoms with Crippen LogP contribution in [0.3, 0.4) is 0 Å². The van der Waals surface area contributed by atoms with Crippen molar-refractivity contribution in [3.05, 3.63) is 103 Å². The van der Waals surface area contributed by atoms with Gasteiger partial charge < -0.3 is 5.32 Å². The van der Waals surface area contributed by atoms with Gasteiger partial charge in [0.05, 0.1) is 11.4 Å². The second-order valence-electron chi connectivity index (χ2n) is 6.11. The average Bonchev–Trinajstić information content (AvgIpc) is 3.14. The molecule has 0 aliphatic carbocycles. The first-order valence-corrected chi connectivity index (χ1v) is 8.69. The Morgan fingerprint density at radius 1 is 0.808 bits per heavy atom. The number of hydrogen-bond donors (Lipinski definition) is 1. The summed E-state index contributed by atoms with van der Waals surface area (Å²) in [6.07, 6.45) is 5.74. The summed E-state index contributed by atoms with van der Waals surface area (Å²) >= 11 is 0. The van der Waals surface area contributed by atoms with Crippen LogP contribution in [0.15, 0.2) is 91.4 Å². The molecule has 4 aromatic rings. The van der Waals surface area contributed by atoms with E-state index in [1.807, 2.05) is 47.3 Å². The minimum atomic E-state index is 0.742. The fourth-order valence-corrected chi connectivity index (χ4v) is 2.94. The number of nitrogens with one attached hydrogen (secondary N) is 1. The van der Waals surface area contributed by atoms with Crippen molar-refractivity contribution >= 4 is 0 Å². The van der Waals surface area contributed by atoms with Gasteiger partial charge in [0, 0.05) is 42.8 Å². The third-order valence-electron chi connectivity index (χ3n) is 4.23. The Labute approximate surface area is 153 Å². The molecule has 0 saturated carbocycles. The largest absolute Gasteiger partial charge is 0.308 e. The highest BCUT2D eigenvalue weighted by molar-refractivity contribution is 5.62. The number of hydrogen-bond acceptors (Lipinski definition) is 3. The molecule has 0 aliphatic rings. The molecule has 2 aromatic heterocycles. The van der Waals surface area contributed by atoms with Crippen LogP contribution in [-0.4, -0.2) is 14.8 Å². The van der Waals surface area contributed by atoms with E-state index >= 15 is 0 Å². The molecule has 4 rings (SSSR count). The van der Waals surface area contributed by atoms with Crippen LogP contribution in [-0.2, 0) is 13.1 Å². The van der Waals surface area contributed by atoms with Crippen LogP contribution in [0.25, 0.3) is 16.9 Å². The summed E-state index contributed by atoms with van der Waals surface area (Å²) in [7, 11) is 0. The summed E-state index contributed by atoms with van der Waals surface area (Å²) < 4.78 is 1.93. The number of rotatable bonds is 6. The zero-order valence-corrected chi connectivity index (χ0v) is 14.4. The van der Waals surface area contributed by atoms with Gasteiger partial charge in [-0.1, -0.05) is 48.5 Å². The van der Waals surface area contributed by atoms with Crippen molar-refractivity contribution < 1.29 is 0 Å². The van der Waals surface area contributed by atoms with Gasteiger partial charge in [-0.2, -0.15) is 5.10 Å². The standard InChI is InChI=1S/C22H20N4/c1-3-8-18(9-4-1)14-24-16-20-17-26(21-11-5-2-6-12-21)25-22(20)19-10-7-13-23-15-19/h1-13,15,17,24H,14,16H2. The lowest BCUT2D eigenvalue weighted by molar-refractivity contribution is 0.694. The molecule has 4 nitrogen and oxygen atoms in total. The van der Waals surface area contributed by atoms with Crippen LogP contribution in [0.2, 0.25) is 0 Å². The van der Waals surface area contributed by atoms with Crippen molar-refractivity contribution in [3.8, 4) is 16.9 Å². The Morgan fingerprint density at radius 2 is 1.58 bits per heavy atom. The molecule has 0 spiro atoms. The first-order chi connectivity index (χ1) is 12.9. The zero-order valence-electron chi connectivity index (χ0n) is 14.4. The van der Waals surface area contributed by atoms with E-state index in [0.29, 0.717) is 0 Å². The maximum Gasteiger partial charge on any atom is 0.0988 e. The Balaban J connectivity index is 1.60. The molecule has 0 amide bonds. The summed E-state index contributed by atoms with van der Waals surface area (Å²) in [5.74, 6) is 0. The predicted molar refractivity (Wildman–Crippen MR) is 104 cm³/mol. The van der Waals surface area contributed by atoms with Gasteiger partial charge >= 0.3 is 0 Å². The Bertz CT molecular complexity index is 947. The number of aromatic nitrogens is 3. The Morgan fingerprint density at radius 3 is 2.31 bits per heavy atom. The van der Waals surface area contributed by atoms with Gasteiger partial charge in [0.1, 0.15) is 0 Å². The van der Waals surface area contributed by atoms with Gasteiger partial charge in [-0.3, -0.25) is 4.98 Å². The summed E-state index contributed by atoms with van der Waals surface area (Å²) in [6.45, 7) is 1.57. The maximum absolute atomic E-state index is 4.81. The van der Waals surface area contributed by atoms with Crippen LogP contribution in [0.4, 0.5) is 0 Å². The number of nitrogens with zero attached hydrogens (tertiary/aromatic N) is 3. The van der Waals surface area contributed by atoms with Crippen LogP contribution >= 0.6 is 0 Å². The van der Waals surface area contributed by atoms with E-state index in [0.717, 1.165) is 35.6 Å². The van der Waals surface area contributed by atoms with Crippen molar-refractivity contribution in [2.24, 2.45) is 0 Å². The highest BCUT2D eigenvalue weighted by Gasteiger charge is 2.12. The molecule has 0 saturated heterocycles. The van der Waals surface area contributed by atoms with Crippen LogP contribution in [0, 0.1) is 0 Å². The van der Waals surface area contributed by atoms with Gasteiger partial charge in [-0.25, -0.2) is 4.68 Å². The SMILES string of the molecule is c1ccc(CNCc2cn(-c3ccccc3)nc2-c2cccnc2)cc1. The van der Waals surface area contributed by atoms with Crippen molar-refractivity contribution in [1.82, 2.24) is 20.1 Å². The Hall–Kier alpha value is -3.24. The number of pyridine rings is 1.